The van der Waals surface area contributed by atoms with Crippen molar-refractivity contribution in [3.05, 3.63) is 119 Å². The van der Waals surface area contributed by atoms with E-state index in [-0.39, 0.29) is 11.8 Å². The third kappa shape index (κ3) is 8.68. The minimum Gasteiger partial charge on any atom is -0.480 e. The molecular formula is C37H36N4O5S. The van der Waals surface area contributed by atoms with Crippen molar-refractivity contribution in [3.8, 4) is 34.0 Å². The fraction of sp³-hybridized carbons (Fsp3) is 0.216. The Morgan fingerprint density at radius 1 is 0.787 bits per heavy atom. The maximum Gasteiger partial charge on any atom is 0.325 e. The standard InChI is InChI=1S/C37H36N4O5S/c1-23(36(44)45)40-34(42)30(41-35(43)31-18-19-32(47-31)37(2,3)4)20-24-10-12-26(13-11-24)33-38-21-27(22-39-33)25-14-16-29(17-15-25)46-28-8-6-5-7-9-28/h5-19,21-23,30H,20H2,1-4H3,(H,40,42)(H,41,43)(H,44,45). The molecule has 5 rings (SSSR count). The van der Waals surface area contributed by atoms with Gasteiger partial charge in [-0.3, -0.25) is 14.4 Å². The summed E-state index contributed by atoms with van der Waals surface area (Å²) < 4.78 is 5.87. The highest BCUT2D eigenvalue weighted by Gasteiger charge is 2.26. The molecule has 0 aliphatic rings. The first-order valence-corrected chi connectivity index (χ1v) is 16.0. The summed E-state index contributed by atoms with van der Waals surface area (Å²) in [6.07, 6.45) is 3.68. The lowest BCUT2D eigenvalue weighted by molar-refractivity contribution is -0.141. The first kappa shape index (κ1) is 33.0. The number of nitrogens with zero attached hydrogens (tertiary/aromatic N) is 2. The number of carbonyl (C=O) groups excluding carboxylic acids is 2. The Kier molecular flexibility index (Phi) is 10.1. The smallest absolute Gasteiger partial charge is 0.325 e. The molecule has 0 fully saturated rings. The van der Waals surface area contributed by atoms with Gasteiger partial charge in [0.1, 0.15) is 23.6 Å². The molecule has 2 atom stereocenters. The highest BCUT2D eigenvalue weighted by Crippen LogP contribution is 2.30. The monoisotopic (exact) mass is 648 g/mol. The Bertz CT molecular complexity index is 1830. The van der Waals surface area contributed by atoms with Crippen LogP contribution in [0.5, 0.6) is 11.5 Å². The minimum absolute atomic E-state index is 0.119. The SMILES string of the molecule is CC(NC(=O)C(Cc1ccc(-c2ncc(-c3ccc(Oc4ccccc4)cc3)cn2)cc1)NC(=O)c1ccc(C(C)(C)C)s1)C(=O)O. The summed E-state index contributed by atoms with van der Waals surface area (Å²) in [5, 5.41) is 14.6. The second-order valence-electron chi connectivity index (χ2n) is 12.1. The van der Waals surface area contributed by atoms with Gasteiger partial charge in [0.05, 0.1) is 4.88 Å². The van der Waals surface area contributed by atoms with Gasteiger partial charge in [-0.05, 0) is 59.9 Å². The maximum atomic E-state index is 13.2. The summed E-state index contributed by atoms with van der Waals surface area (Å²) in [5.74, 6) is -0.103. The first-order valence-electron chi connectivity index (χ1n) is 15.2. The molecule has 0 bridgehead atoms. The first-order chi connectivity index (χ1) is 22.5. The van der Waals surface area contributed by atoms with Gasteiger partial charge in [0.2, 0.25) is 5.91 Å². The van der Waals surface area contributed by atoms with Crippen molar-refractivity contribution in [3.63, 3.8) is 0 Å². The fourth-order valence-corrected chi connectivity index (χ4v) is 5.64. The van der Waals surface area contributed by atoms with Gasteiger partial charge in [0, 0.05) is 34.8 Å². The van der Waals surface area contributed by atoms with Gasteiger partial charge in [-0.2, -0.15) is 0 Å². The van der Waals surface area contributed by atoms with E-state index in [2.05, 4.69) is 41.4 Å². The van der Waals surface area contributed by atoms with Crippen molar-refractivity contribution in [2.45, 2.75) is 51.6 Å². The number of thiophene rings is 1. The van der Waals surface area contributed by atoms with E-state index in [0.717, 1.165) is 38.6 Å². The van der Waals surface area contributed by atoms with E-state index in [0.29, 0.717) is 10.7 Å². The van der Waals surface area contributed by atoms with Crippen molar-refractivity contribution in [2.75, 3.05) is 0 Å². The van der Waals surface area contributed by atoms with E-state index >= 15 is 0 Å². The zero-order valence-electron chi connectivity index (χ0n) is 26.6. The molecule has 0 saturated heterocycles. The summed E-state index contributed by atoms with van der Waals surface area (Å²) in [6, 6.07) is 26.2. The number of aliphatic carboxylic acids is 1. The van der Waals surface area contributed by atoms with Crippen LogP contribution in [0.2, 0.25) is 0 Å². The Balaban J connectivity index is 1.26. The molecule has 0 aliphatic carbocycles. The normalized spacial score (nSPS) is 12.5. The number of rotatable bonds is 11. The summed E-state index contributed by atoms with van der Waals surface area (Å²) in [4.78, 5) is 48.3. The minimum atomic E-state index is -1.17. The predicted octanol–water partition coefficient (Wildman–Crippen LogP) is 6.89. The fourth-order valence-electron chi connectivity index (χ4n) is 4.67. The summed E-state index contributed by atoms with van der Waals surface area (Å²) >= 11 is 1.37. The number of amides is 2. The highest BCUT2D eigenvalue weighted by molar-refractivity contribution is 7.14. The van der Waals surface area contributed by atoms with Crippen molar-refractivity contribution >= 4 is 29.1 Å². The number of aromatic nitrogens is 2. The molecule has 2 heterocycles. The van der Waals surface area contributed by atoms with Crippen molar-refractivity contribution in [2.24, 2.45) is 0 Å². The van der Waals surface area contributed by atoms with Crippen molar-refractivity contribution in [1.82, 2.24) is 20.6 Å². The Morgan fingerprint density at radius 2 is 1.40 bits per heavy atom. The van der Waals surface area contributed by atoms with Gasteiger partial charge in [0.25, 0.3) is 5.91 Å². The van der Waals surface area contributed by atoms with E-state index < -0.39 is 29.9 Å². The maximum absolute atomic E-state index is 13.2. The van der Waals surface area contributed by atoms with E-state index in [1.54, 1.807) is 18.5 Å². The molecule has 10 heteroatoms. The van der Waals surface area contributed by atoms with E-state index in [1.807, 2.05) is 84.9 Å². The molecule has 5 aromatic rings. The number of hydrogen-bond donors (Lipinski definition) is 3. The lowest BCUT2D eigenvalue weighted by Crippen LogP contribution is -2.51. The molecule has 240 valence electrons. The number of hydrogen-bond acceptors (Lipinski definition) is 7. The second kappa shape index (κ2) is 14.4. The third-order valence-electron chi connectivity index (χ3n) is 7.39. The number of benzene rings is 3. The molecule has 0 saturated carbocycles. The van der Waals surface area contributed by atoms with E-state index in [1.165, 1.54) is 18.3 Å². The van der Waals surface area contributed by atoms with Crippen LogP contribution >= 0.6 is 11.3 Å². The van der Waals surface area contributed by atoms with Crippen LogP contribution in [-0.2, 0) is 21.4 Å². The van der Waals surface area contributed by atoms with E-state index in [4.69, 9.17) is 4.74 Å². The van der Waals surface area contributed by atoms with Crippen LogP contribution in [0, 0.1) is 0 Å². The molecule has 2 aromatic heterocycles. The van der Waals surface area contributed by atoms with Crippen LogP contribution in [-0.4, -0.2) is 44.9 Å². The number of carbonyl (C=O) groups is 3. The summed E-state index contributed by atoms with van der Waals surface area (Å²) in [5.41, 5.74) is 3.25. The lowest BCUT2D eigenvalue weighted by Gasteiger charge is -2.20. The summed E-state index contributed by atoms with van der Waals surface area (Å²) in [7, 11) is 0. The molecule has 47 heavy (non-hydrogen) atoms. The average molecular weight is 649 g/mol. The molecule has 0 radical (unpaired) electrons. The van der Waals surface area contributed by atoms with Gasteiger partial charge >= 0.3 is 5.97 Å². The highest BCUT2D eigenvalue weighted by atomic mass is 32.1. The number of para-hydroxylation sites is 1. The van der Waals surface area contributed by atoms with Gasteiger partial charge in [0.15, 0.2) is 5.82 Å². The zero-order valence-corrected chi connectivity index (χ0v) is 27.4. The number of nitrogens with one attached hydrogen (secondary N) is 2. The molecule has 0 aliphatic heterocycles. The average Bonchev–Trinajstić information content (AvgIpc) is 3.58. The zero-order chi connectivity index (χ0) is 33.6. The van der Waals surface area contributed by atoms with Crippen LogP contribution in [0.1, 0.15) is 47.8 Å². The van der Waals surface area contributed by atoms with Crippen LogP contribution in [0.15, 0.2) is 103 Å². The largest absolute Gasteiger partial charge is 0.480 e. The van der Waals surface area contributed by atoms with E-state index in [9.17, 15) is 19.5 Å². The van der Waals surface area contributed by atoms with Gasteiger partial charge in [-0.15, -0.1) is 11.3 Å². The van der Waals surface area contributed by atoms with Gasteiger partial charge in [-0.25, -0.2) is 9.97 Å². The quantitative estimate of drug-likeness (QED) is 0.142. The van der Waals surface area contributed by atoms with Crippen molar-refractivity contribution in [1.29, 1.82) is 0 Å². The van der Waals surface area contributed by atoms with Gasteiger partial charge < -0.3 is 20.5 Å². The Hall–Kier alpha value is -5.35. The summed E-state index contributed by atoms with van der Waals surface area (Å²) in [6.45, 7) is 7.57. The number of carboxylic acid groups (broad SMARTS) is 1. The predicted molar refractivity (Wildman–Crippen MR) is 183 cm³/mol. The molecule has 3 aromatic carbocycles. The molecule has 0 spiro atoms. The molecule has 3 N–H and O–H groups in total. The van der Waals surface area contributed by atoms with Crippen LogP contribution in [0.25, 0.3) is 22.5 Å². The third-order valence-corrected chi connectivity index (χ3v) is 8.90. The number of carboxylic acids is 1. The van der Waals surface area contributed by atoms with Crippen molar-refractivity contribution < 1.29 is 24.2 Å². The van der Waals surface area contributed by atoms with Gasteiger partial charge in [-0.1, -0.05) is 75.4 Å². The lowest BCUT2D eigenvalue weighted by atomic mass is 9.95. The molecule has 2 unspecified atom stereocenters. The molecule has 9 nitrogen and oxygen atoms in total. The topological polar surface area (TPSA) is 131 Å². The van der Waals surface area contributed by atoms with Crippen LogP contribution in [0.4, 0.5) is 0 Å². The Labute approximate surface area is 277 Å². The van der Waals surface area contributed by atoms with Crippen LogP contribution < -0.4 is 15.4 Å². The van der Waals surface area contributed by atoms with Crippen LogP contribution in [0.3, 0.4) is 0 Å². The molecule has 2 amide bonds. The number of ether oxygens (including phenoxy) is 1. The Morgan fingerprint density at radius 3 is 2.00 bits per heavy atom. The molecular weight excluding hydrogens is 612 g/mol. The second-order valence-corrected chi connectivity index (χ2v) is 13.2.